The average molecular weight is 163 g/mol. The van der Waals surface area contributed by atoms with Gasteiger partial charge in [0.2, 0.25) is 0 Å². The van der Waals surface area contributed by atoms with Crippen molar-refractivity contribution in [3.8, 4) is 5.75 Å². The molecule has 2 rings (SSSR count). The molecule has 0 spiro atoms. The van der Waals surface area contributed by atoms with Gasteiger partial charge in [0.05, 0.1) is 18.9 Å². The van der Waals surface area contributed by atoms with Gasteiger partial charge in [-0.2, -0.15) is 0 Å². The van der Waals surface area contributed by atoms with E-state index in [1.807, 2.05) is 0 Å². The number of ether oxygens (including phenoxy) is 1. The molecule has 1 aromatic heterocycles. The molecule has 1 heterocycles. The monoisotopic (exact) mass is 163 g/mol. The molecule has 0 aliphatic heterocycles. The highest BCUT2D eigenvalue weighted by molar-refractivity contribution is 6.02. The smallest absolute Gasteiger partial charge is 0.167 e. The number of carbonyl (C=O) groups is 1. The van der Waals surface area contributed by atoms with Crippen LogP contribution in [-0.4, -0.2) is 17.9 Å². The van der Waals surface area contributed by atoms with Gasteiger partial charge in [0.1, 0.15) is 5.75 Å². The second-order valence-corrected chi connectivity index (χ2v) is 2.80. The third kappa shape index (κ3) is 0.897. The largest absolute Gasteiger partial charge is 0.494 e. The molecule has 0 unspecified atom stereocenters. The molecule has 0 bridgehead atoms. The third-order valence-corrected chi connectivity index (χ3v) is 2.11. The van der Waals surface area contributed by atoms with E-state index in [4.69, 9.17) is 4.74 Å². The molecular formula is C9H9NO2. The predicted octanol–water partition coefficient (Wildman–Crippen LogP) is 1.22. The molecule has 0 saturated carbocycles. The fraction of sp³-hybridized carbons (Fsp3) is 0.333. The van der Waals surface area contributed by atoms with Gasteiger partial charge in [0.25, 0.3) is 0 Å². The lowest BCUT2D eigenvalue weighted by Crippen LogP contribution is -1.97. The topological polar surface area (TPSA) is 39.2 Å². The Labute approximate surface area is 70.4 Å². The van der Waals surface area contributed by atoms with Crippen LogP contribution in [0, 0.1) is 0 Å². The minimum Gasteiger partial charge on any atom is -0.494 e. The van der Waals surface area contributed by atoms with E-state index in [0.29, 0.717) is 12.2 Å². The third-order valence-electron chi connectivity index (χ3n) is 2.11. The summed E-state index contributed by atoms with van der Waals surface area (Å²) in [6.07, 6.45) is 4.72. The van der Waals surface area contributed by atoms with Crippen LogP contribution in [-0.2, 0) is 6.42 Å². The Balaban J connectivity index is 2.60. The summed E-state index contributed by atoms with van der Waals surface area (Å²) < 4.78 is 5.04. The zero-order valence-corrected chi connectivity index (χ0v) is 6.83. The van der Waals surface area contributed by atoms with E-state index in [9.17, 15) is 4.79 Å². The van der Waals surface area contributed by atoms with Crippen molar-refractivity contribution in [2.24, 2.45) is 0 Å². The van der Waals surface area contributed by atoms with Gasteiger partial charge in [-0.25, -0.2) is 0 Å². The van der Waals surface area contributed by atoms with Crippen LogP contribution in [0.4, 0.5) is 0 Å². The SMILES string of the molecule is COc1cncc2c1C(=O)CC2. The maximum Gasteiger partial charge on any atom is 0.167 e. The van der Waals surface area contributed by atoms with E-state index in [1.165, 1.54) is 0 Å². The highest BCUT2D eigenvalue weighted by Gasteiger charge is 2.23. The van der Waals surface area contributed by atoms with Crippen molar-refractivity contribution in [3.05, 3.63) is 23.5 Å². The summed E-state index contributed by atoms with van der Waals surface area (Å²) in [7, 11) is 1.56. The Morgan fingerprint density at radius 1 is 1.42 bits per heavy atom. The maximum absolute atomic E-state index is 11.3. The molecule has 0 fully saturated rings. The molecule has 0 aromatic carbocycles. The summed E-state index contributed by atoms with van der Waals surface area (Å²) in [5, 5.41) is 0. The number of ketones is 1. The average Bonchev–Trinajstić information content (AvgIpc) is 2.48. The molecule has 3 nitrogen and oxygen atoms in total. The van der Waals surface area contributed by atoms with Gasteiger partial charge in [-0.1, -0.05) is 0 Å². The Kier molecular flexibility index (Phi) is 1.57. The Morgan fingerprint density at radius 3 is 3.00 bits per heavy atom. The summed E-state index contributed by atoms with van der Waals surface area (Å²) in [6.45, 7) is 0. The summed E-state index contributed by atoms with van der Waals surface area (Å²) >= 11 is 0. The van der Waals surface area contributed by atoms with Crippen molar-refractivity contribution in [1.29, 1.82) is 0 Å². The van der Waals surface area contributed by atoms with Crippen molar-refractivity contribution in [3.63, 3.8) is 0 Å². The van der Waals surface area contributed by atoms with E-state index in [-0.39, 0.29) is 5.78 Å². The normalized spacial score (nSPS) is 14.6. The van der Waals surface area contributed by atoms with Crippen molar-refractivity contribution >= 4 is 5.78 Å². The zero-order chi connectivity index (χ0) is 8.55. The summed E-state index contributed by atoms with van der Waals surface area (Å²) in [4.78, 5) is 15.3. The first-order valence-corrected chi connectivity index (χ1v) is 3.87. The van der Waals surface area contributed by atoms with Gasteiger partial charge in [-0.15, -0.1) is 0 Å². The number of hydrogen-bond donors (Lipinski definition) is 0. The number of nitrogens with zero attached hydrogens (tertiary/aromatic N) is 1. The van der Waals surface area contributed by atoms with E-state index in [2.05, 4.69) is 4.98 Å². The molecule has 3 heteroatoms. The quantitative estimate of drug-likeness (QED) is 0.624. The number of pyridine rings is 1. The van der Waals surface area contributed by atoms with Crippen LogP contribution in [0.1, 0.15) is 22.3 Å². The van der Waals surface area contributed by atoms with Crippen LogP contribution >= 0.6 is 0 Å². The lowest BCUT2D eigenvalue weighted by Gasteiger charge is -2.03. The molecule has 1 aliphatic rings. The van der Waals surface area contributed by atoms with Crippen LogP contribution in [0.25, 0.3) is 0 Å². The molecule has 12 heavy (non-hydrogen) atoms. The van der Waals surface area contributed by atoms with Crippen molar-refractivity contribution in [2.45, 2.75) is 12.8 Å². The molecule has 0 amide bonds. The number of fused-ring (bicyclic) bond motifs is 1. The molecular weight excluding hydrogens is 154 g/mol. The molecule has 1 aliphatic carbocycles. The highest BCUT2D eigenvalue weighted by atomic mass is 16.5. The van der Waals surface area contributed by atoms with Gasteiger partial charge >= 0.3 is 0 Å². The first kappa shape index (κ1) is 7.28. The lowest BCUT2D eigenvalue weighted by molar-refractivity contribution is 0.0992. The first-order valence-electron chi connectivity index (χ1n) is 3.87. The van der Waals surface area contributed by atoms with E-state index >= 15 is 0 Å². The number of rotatable bonds is 1. The second kappa shape index (κ2) is 2.59. The minimum atomic E-state index is 0.171. The number of aromatic nitrogens is 1. The van der Waals surface area contributed by atoms with Crippen molar-refractivity contribution in [1.82, 2.24) is 4.98 Å². The van der Waals surface area contributed by atoms with Crippen molar-refractivity contribution < 1.29 is 9.53 Å². The molecule has 0 saturated heterocycles. The van der Waals surface area contributed by atoms with Gasteiger partial charge in [0.15, 0.2) is 5.78 Å². The van der Waals surface area contributed by atoms with Crippen LogP contribution in [0.3, 0.4) is 0 Å². The number of aryl methyl sites for hydroxylation is 1. The number of carbonyl (C=O) groups excluding carboxylic acids is 1. The van der Waals surface area contributed by atoms with Gasteiger partial charge in [-0.3, -0.25) is 9.78 Å². The Bertz CT molecular complexity index is 333. The Morgan fingerprint density at radius 2 is 2.25 bits per heavy atom. The molecule has 0 radical (unpaired) electrons. The number of Topliss-reactive ketones (excluding diaryl/α,β-unsaturated/α-hetero) is 1. The molecule has 0 atom stereocenters. The molecule has 1 aromatic rings. The van der Waals surface area contributed by atoms with E-state index in [0.717, 1.165) is 17.5 Å². The summed E-state index contributed by atoms with van der Waals surface area (Å²) in [6, 6.07) is 0. The summed E-state index contributed by atoms with van der Waals surface area (Å²) in [5.74, 6) is 0.777. The van der Waals surface area contributed by atoms with Gasteiger partial charge in [0, 0.05) is 12.6 Å². The zero-order valence-electron chi connectivity index (χ0n) is 6.83. The maximum atomic E-state index is 11.3. The lowest BCUT2D eigenvalue weighted by atomic mass is 10.1. The molecule has 62 valence electrons. The van der Waals surface area contributed by atoms with E-state index < -0.39 is 0 Å². The highest BCUT2D eigenvalue weighted by Crippen LogP contribution is 2.28. The number of methoxy groups -OCH3 is 1. The van der Waals surface area contributed by atoms with Crippen LogP contribution in [0.15, 0.2) is 12.4 Å². The standard InChI is InChI=1S/C9H9NO2/c1-12-8-5-10-4-6-2-3-7(11)9(6)8/h4-5H,2-3H2,1H3. The first-order chi connectivity index (χ1) is 5.83. The van der Waals surface area contributed by atoms with Crippen LogP contribution in [0.5, 0.6) is 5.75 Å². The van der Waals surface area contributed by atoms with Crippen molar-refractivity contribution in [2.75, 3.05) is 7.11 Å². The van der Waals surface area contributed by atoms with Crippen LogP contribution in [0.2, 0.25) is 0 Å². The number of hydrogen-bond acceptors (Lipinski definition) is 3. The minimum absolute atomic E-state index is 0.171. The van der Waals surface area contributed by atoms with Gasteiger partial charge < -0.3 is 4.74 Å². The van der Waals surface area contributed by atoms with Crippen LogP contribution < -0.4 is 4.74 Å². The summed E-state index contributed by atoms with van der Waals surface area (Å²) in [5.41, 5.74) is 1.74. The second-order valence-electron chi connectivity index (χ2n) is 2.80. The Hall–Kier alpha value is -1.38. The van der Waals surface area contributed by atoms with E-state index in [1.54, 1.807) is 19.5 Å². The predicted molar refractivity (Wildman–Crippen MR) is 43.4 cm³/mol. The van der Waals surface area contributed by atoms with Gasteiger partial charge in [-0.05, 0) is 12.0 Å². The molecule has 0 N–H and O–H groups in total. The fourth-order valence-corrected chi connectivity index (χ4v) is 1.52. The fourth-order valence-electron chi connectivity index (χ4n) is 1.52.